The second kappa shape index (κ2) is 8.02. The summed E-state index contributed by atoms with van der Waals surface area (Å²) in [6, 6.07) is 15.3. The van der Waals surface area contributed by atoms with Crippen molar-refractivity contribution in [2.24, 2.45) is 0 Å². The van der Waals surface area contributed by atoms with Crippen molar-refractivity contribution < 1.29 is 9.53 Å². The molecule has 146 valence electrons. The van der Waals surface area contributed by atoms with Crippen LogP contribution < -0.4 is 15.4 Å². The number of amides is 1. The minimum atomic E-state index is -0.0487. The molecular weight excluding hydrogens is 366 g/mol. The van der Waals surface area contributed by atoms with Crippen LogP contribution in [0.4, 0.5) is 17.2 Å². The first-order valence-corrected chi connectivity index (χ1v) is 9.35. The molecule has 0 saturated heterocycles. The Hall–Kier alpha value is -3.87. The van der Waals surface area contributed by atoms with Crippen molar-refractivity contribution in [3.8, 4) is 11.6 Å². The predicted molar refractivity (Wildman–Crippen MR) is 113 cm³/mol. The second-order valence-electron chi connectivity index (χ2n) is 6.57. The van der Waals surface area contributed by atoms with Gasteiger partial charge in [0, 0.05) is 23.9 Å². The van der Waals surface area contributed by atoms with Crippen molar-refractivity contribution in [3.63, 3.8) is 0 Å². The van der Waals surface area contributed by atoms with E-state index in [1.54, 1.807) is 24.8 Å². The Morgan fingerprint density at radius 2 is 2.00 bits per heavy atom. The minimum absolute atomic E-state index is 0.0487. The number of anilines is 3. The summed E-state index contributed by atoms with van der Waals surface area (Å²) in [6.45, 7) is 3.85. The number of ether oxygens (including phenoxy) is 1. The fraction of sp³-hybridized carbons (Fsp3) is 0.136. The summed E-state index contributed by atoms with van der Waals surface area (Å²) in [7, 11) is 0. The lowest BCUT2D eigenvalue weighted by Gasteiger charge is -2.13. The molecule has 7 nitrogen and oxygen atoms in total. The van der Waals surface area contributed by atoms with E-state index in [4.69, 9.17) is 4.74 Å². The molecule has 4 rings (SSSR count). The van der Waals surface area contributed by atoms with Crippen molar-refractivity contribution >= 4 is 28.6 Å². The summed E-state index contributed by atoms with van der Waals surface area (Å²) < 4.78 is 7.84. The number of nitrogens with one attached hydrogen (secondary N) is 2. The fourth-order valence-corrected chi connectivity index (χ4v) is 2.91. The van der Waals surface area contributed by atoms with Gasteiger partial charge in [-0.15, -0.1) is 0 Å². The summed E-state index contributed by atoms with van der Waals surface area (Å²) in [5.74, 6) is 1.75. The molecule has 0 bridgehead atoms. The van der Waals surface area contributed by atoms with Gasteiger partial charge in [-0.05, 0) is 30.7 Å². The first-order chi connectivity index (χ1) is 14.1. The molecule has 2 heterocycles. The molecule has 0 aliphatic carbocycles. The van der Waals surface area contributed by atoms with Gasteiger partial charge < -0.3 is 15.4 Å². The van der Waals surface area contributed by atoms with Crippen LogP contribution in [0.15, 0.2) is 67.3 Å². The number of carbonyl (C=O) groups excluding carboxylic acids is 1. The molecule has 0 unspecified atom stereocenters. The Morgan fingerprint density at radius 3 is 2.83 bits per heavy atom. The lowest BCUT2D eigenvalue weighted by molar-refractivity contribution is -0.115. The maximum Gasteiger partial charge on any atom is 0.224 e. The molecule has 0 saturated carbocycles. The normalized spacial score (nSPS) is 10.7. The van der Waals surface area contributed by atoms with Crippen LogP contribution in [-0.4, -0.2) is 20.3 Å². The summed E-state index contributed by atoms with van der Waals surface area (Å²) >= 11 is 0. The van der Waals surface area contributed by atoms with Gasteiger partial charge in [0.1, 0.15) is 17.6 Å². The topological polar surface area (TPSA) is 80.5 Å². The number of benzene rings is 2. The zero-order valence-corrected chi connectivity index (χ0v) is 16.2. The zero-order chi connectivity index (χ0) is 20.2. The van der Waals surface area contributed by atoms with Crippen LogP contribution in [0.2, 0.25) is 0 Å². The Balaban J connectivity index is 1.62. The monoisotopic (exact) mass is 387 g/mol. The van der Waals surface area contributed by atoms with E-state index >= 15 is 0 Å². The number of nitrogens with zero attached hydrogens (tertiary/aromatic N) is 3. The average Bonchev–Trinajstić information content (AvgIpc) is 3.22. The first kappa shape index (κ1) is 18.5. The quantitative estimate of drug-likeness (QED) is 0.491. The maximum absolute atomic E-state index is 11.6. The molecule has 0 spiro atoms. The van der Waals surface area contributed by atoms with E-state index in [1.807, 2.05) is 60.7 Å². The minimum Gasteiger partial charge on any atom is -0.439 e. The van der Waals surface area contributed by atoms with Gasteiger partial charge in [-0.25, -0.2) is 9.97 Å². The summed E-state index contributed by atoms with van der Waals surface area (Å²) in [5, 5.41) is 6.18. The molecule has 0 atom stereocenters. The third-order valence-electron chi connectivity index (χ3n) is 4.48. The number of fused-ring (bicyclic) bond motifs is 1. The van der Waals surface area contributed by atoms with Crippen LogP contribution >= 0.6 is 0 Å². The number of carbonyl (C=O) groups is 1. The first-order valence-electron chi connectivity index (χ1n) is 9.35. The third-order valence-corrected chi connectivity index (χ3v) is 4.48. The van der Waals surface area contributed by atoms with E-state index in [9.17, 15) is 4.79 Å². The Kier molecular flexibility index (Phi) is 5.11. The highest BCUT2D eigenvalue weighted by molar-refractivity contribution is 5.90. The Morgan fingerprint density at radius 1 is 1.14 bits per heavy atom. The van der Waals surface area contributed by atoms with Crippen molar-refractivity contribution in [2.45, 2.75) is 20.3 Å². The van der Waals surface area contributed by atoms with Gasteiger partial charge in [0.05, 0.1) is 12.4 Å². The lowest BCUT2D eigenvalue weighted by atomic mass is 10.2. The van der Waals surface area contributed by atoms with Crippen LogP contribution in [0.5, 0.6) is 11.6 Å². The number of aromatic nitrogens is 3. The van der Waals surface area contributed by atoms with E-state index in [0.29, 0.717) is 29.6 Å². The number of aryl methyl sites for hydroxylation is 1. The van der Waals surface area contributed by atoms with Crippen LogP contribution in [0.1, 0.15) is 18.9 Å². The zero-order valence-electron chi connectivity index (χ0n) is 16.2. The Bertz CT molecular complexity index is 1170. The molecule has 0 aliphatic heterocycles. The van der Waals surface area contributed by atoms with Crippen LogP contribution in [0.25, 0.3) is 5.52 Å². The van der Waals surface area contributed by atoms with Gasteiger partial charge in [-0.2, -0.15) is 0 Å². The fourth-order valence-electron chi connectivity index (χ4n) is 2.91. The van der Waals surface area contributed by atoms with Crippen molar-refractivity contribution in [1.29, 1.82) is 0 Å². The number of hydrogen-bond donors (Lipinski definition) is 2. The summed E-state index contributed by atoms with van der Waals surface area (Å²) in [4.78, 5) is 20.4. The van der Waals surface area contributed by atoms with E-state index in [1.165, 1.54) is 0 Å². The van der Waals surface area contributed by atoms with E-state index in [2.05, 4.69) is 20.6 Å². The van der Waals surface area contributed by atoms with Gasteiger partial charge in [0.2, 0.25) is 11.8 Å². The molecule has 2 aromatic heterocycles. The Labute approximate surface area is 168 Å². The van der Waals surface area contributed by atoms with Gasteiger partial charge >= 0.3 is 0 Å². The number of rotatable bonds is 6. The second-order valence-corrected chi connectivity index (χ2v) is 6.57. The van der Waals surface area contributed by atoms with Gasteiger partial charge in [0.25, 0.3) is 0 Å². The highest BCUT2D eigenvalue weighted by Gasteiger charge is 2.11. The summed E-state index contributed by atoms with van der Waals surface area (Å²) in [6.07, 6.45) is 5.48. The highest BCUT2D eigenvalue weighted by Crippen LogP contribution is 2.28. The van der Waals surface area contributed by atoms with E-state index < -0.39 is 0 Å². The van der Waals surface area contributed by atoms with Crippen molar-refractivity contribution in [1.82, 2.24) is 14.4 Å². The largest absolute Gasteiger partial charge is 0.439 e. The molecule has 2 aromatic carbocycles. The molecule has 0 aliphatic rings. The molecule has 7 heteroatoms. The molecule has 2 N–H and O–H groups in total. The van der Waals surface area contributed by atoms with Crippen molar-refractivity contribution in [3.05, 3.63) is 72.8 Å². The number of imidazole rings is 1. The van der Waals surface area contributed by atoms with Gasteiger partial charge in [0.15, 0.2) is 5.82 Å². The molecule has 0 radical (unpaired) electrons. The third kappa shape index (κ3) is 4.03. The van der Waals surface area contributed by atoms with Gasteiger partial charge in [-0.1, -0.05) is 31.2 Å². The standard InChI is InChI=1S/C22H21N5O2/c1-3-20(28)25-16-8-6-9-17(11-16)29-21-13-24-22(19-12-23-14-27(19)21)26-18-10-5-4-7-15(18)2/h4-14H,3H2,1-2H3,(H,24,26)(H,25,28). The molecule has 1 amide bonds. The van der Waals surface area contributed by atoms with Crippen LogP contribution in [0.3, 0.4) is 0 Å². The van der Waals surface area contributed by atoms with E-state index in [-0.39, 0.29) is 5.91 Å². The SMILES string of the molecule is CCC(=O)Nc1cccc(Oc2cnc(Nc3ccccc3C)c3cncn23)c1. The number of para-hydroxylation sites is 1. The summed E-state index contributed by atoms with van der Waals surface area (Å²) in [5.41, 5.74) is 3.58. The van der Waals surface area contributed by atoms with Crippen LogP contribution in [-0.2, 0) is 4.79 Å². The number of hydrogen-bond acceptors (Lipinski definition) is 5. The molecular formula is C22H21N5O2. The average molecular weight is 387 g/mol. The highest BCUT2D eigenvalue weighted by atomic mass is 16.5. The molecule has 0 fully saturated rings. The van der Waals surface area contributed by atoms with Crippen LogP contribution in [0, 0.1) is 6.92 Å². The predicted octanol–water partition coefficient (Wildman–Crippen LogP) is 4.92. The van der Waals surface area contributed by atoms with E-state index in [0.717, 1.165) is 16.8 Å². The smallest absolute Gasteiger partial charge is 0.224 e. The molecule has 4 aromatic rings. The van der Waals surface area contributed by atoms with Gasteiger partial charge in [-0.3, -0.25) is 9.20 Å². The lowest BCUT2D eigenvalue weighted by Crippen LogP contribution is -2.09. The maximum atomic E-state index is 11.6. The van der Waals surface area contributed by atoms with Crippen molar-refractivity contribution in [2.75, 3.05) is 10.6 Å². The molecule has 29 heavy (non-hydrogen) atoms.